The van der Waals surface area contributed by atoms with Crippen LogP contribution in [0.15, 0.2) is 36.4 Å². The van der Waals surface area contributed by atoms with E-state index in [1.807, 2.05) is 36.1 Å². The predicted octanol–water partition coefficient (Wildman–Crippen LogP) is 3.05. The molecule has 0 aromatic heterocycles. The third-order valence-electron chi connectivity index (χ3n) is 3.98. The summed E-state index contributed by atoms with van der Waals surface area (Å²) in [4.78, 5) is 13.0. The van der Waals surface area contributed by atoms with E-state index in [1.54, 1.807) is 6.07 Å². The van der Waals surface area contributed by atoms with E-state index in [0.29, 0.717) is 12.2 Å². The summed E-state index contributed by atoms with van der Waals surface area (Å²) in [6.07, 6.45) is 0.853. The van der Waals surface area contributed by atoms with Crippen LogP contribution in [0.3, 0.4) is 0 Å². The Morgan fingerprint density at radius 2 is 2.10 bits per heavy atom. The zero-order valence-electron chi connectivity index (χ0n) is 11.9. The Balaban J connectivity index is 2.00. The maximum Gasteiger partial charge on any atom is 0.292 e. The van der Waals surface area contributed by atoms with Crippen molar-refractivity contribution >= 4 is 17.1 Å². The van der Waals surface area contributed by atoms with E-state index >= 15 is 0 Å². The second kappa shape index (κ2) is 5.09. The minimum Gasteiger partial charge on any atom is -0.398 e. The largest absolute Gasteiger partial charge is 0.398 e. The van der Waals surface area contributed by atoms with E-state index in [2.05, 4.69) is 6.07 Å². The number of anilines is 2. The number of aryl methyl sites for hydroxylation is 1. The average molecular weight is 283 g/mol. The van der Waals surface area contributed by atoms with Crippen molar-refractivity contribution in [2.24, 2.45) is 0 Å². The normalized spacial score (nSPS) is 13.9. The molecule has 1 aliphatic heterocycles. The van der Waals surface area contributed by atoms with Gasteiger partial charge in [-0.25, -0.2) is 0 Å². The topological polar surface area (TPSA) is 72.4 Å². The molecule has 0 saturated heterocycles. The molecule has 1 heterocycles. The molecule has 21 heavy (non-hydrogen) atoms. The highest BCUT2D eigenvalue weighted by molar-refractivity contribution is 5.66. The van der Waals surface area contributed by atoms with Gasteiger partial charge in [0.1, 0.15) is 5.69 Å². The average Bonchev–Trinajstić information content (AvgIpc) is 2.47. The summed E-state index contributed by atoms with van der Waals surface area (Å²) in [6, 6.07) is 11.3. The molecule has 108 valence electrons. The Morgan fingerprint density at radius 3 is 2.86 bits per heavy atom. The fraction of sp³-hybridized carbons (Fsp3) is 0.250. The number of nitrogens with zero attached hydrogens (tertiary/aromatic N) is 2. The lowest BCUT2D eigenvalue weighted by atomic mass is 9.97. The van der Waals surface area contributed by atoms with Gasteiger partial charge in [-0.15, -0.1) is 0 Å². The van der Waals surface area contributed by atoms with Crippen LogP contribution in [0.25, 0.3) is 0 Å². The number of hydrogen-bond acceptors (Lipinski definition) is 4. The van der Waals surface area contributed by atoms with Crippen molar-refractivity contribution in [3.8, 4) is 0 Å². The van der Waals surface area contributed by atoms with Gasteiger partial charge in [-0.2, -0.15) is 0 Å². The predicted molar refractivity (Wildman–Crippen MR) is 83.4 cm³/mol. The molecule has 2 aromatic rings. The van der Waals surface area contributed by atoms with E-state index in [1.165, 1.54) is 5.56 Å². The van der Waals surface area contributed by atoms with Gasteiger partial charge in [-0.3, -0.25) is 10.1 Å². The quantitative estimate of drug-likeness (QED) is 0.522. The Bertz CT molecular complexity index is 713. The maximum absolute atomic E-state index is 11.3. The van der Waals surface area contributed by atoms with Crippen LogP contribution in [0, 0.1) is 17.0 Å². The first-order valence-corrected chi connectivity index (χ1v) is 6.92. The Labute approximate surface area is 123 Å². The monoisotopic (exact) mass is 283 g/mol. The van der Waals surface area contributed by atoms with Crippen molar-refractivity contribution in [3.63, 3.8) is 0 Å². The van der Waals surface area contributed by atoms with Crippen LogP contribution in [-0.2, 0) is 13.0 Å². The van der Waals surface area contributed by atoms with Crippen molar-refractivity contribution in [1.82, 2.24) is 0 Å². The molecule has 0 unspecified atom stereocenters. The van der Waals surface area contributed by atoms with Gasteiger partial charge in [-0.1, -0.05) is 18.2 Å². The molecule has 0 aliphatic carbocycles. The minimum atomic E-state index is -0.313. The van der Waals surface area contributed by atoms with E-state index < -0.39 is 0 Å². The van der Waals surface area contributed by atoms with Crippen molar-refractivity contribution in [2.75, 3.05) is 17.2 Å². The molecular formula is C16H17N3O2. The van der Waals surface area contributed by atoms with Gasteiger partial charge >= 0.3 is 0 Å². The number of nitrogen functional groups attached to an aromatic ring is 1. The van der Waals surface area contributed by atoms with Crippen LogP contribution in [0.1, 0.15) is 16.7 Å². The van der Waals surface area contributed by atoms with Gasteiger partial charge in [-0.05, 0) is 42.2 Å². The smallest absolute Gasteiger partial charge is 0.292 e. The molecule has 3 rings (SSSR count). The molecule has 2 N–H and O–H groups in total. The highest BCUT2D eigenvalue weighted by Crippen LogP contribution is 2.34. The van der Waals surface area contributed by atoms with Crippen molar-refractivity contribution in [2.45, 2.75) is 19.9 Å². The minimum absolute atomic E-state index is 0.160. The van der Waals surface area contributed by atoms with Gasteiger partial charge in [0.05, 0.1) is 4.92 Å². The summed E-state index contributed by atoms with van der Waals surface area (Å²) in [5.74, 6) is 0. The number of rotatable bonds is 2. The van der Waals surface area contributed by atoms with E-state index in [4.69, 9.17) is 5.73 Å². The molecular weight excluding hydrogens is 266 g/mol. The number of fused-ring (bicyclic) bond motifs is 1. The first-order chi connectivity index (χ1) is 10.1. The molecule has 0 radical (unpaired) electrons. The Morgan fingerprint density at radius 1 is 1.29 bits per heavy atom. The summed E-state index contributed by atoms with van der Waals surface area (Å²) in [7, 11) is 0. The van der Waals surface area contributed by atoms with Crippen molar-refractivity contribution in [3.05, 3.63) is 63.2 Å². The van der Waals surface area contributed by atoms with Gasteiger partial charge in [0.25, 0.3) is 5.69 Å². The second-order valence-electron chi connectivity index (χ2n) is 5.41. The summed E-state index contributed by atoms with van der Waals surface area (Å²) in [6.45, 7) is 3.24. The van der Waals surface area contributed by atoms with Gasteiger partial charge < -0.3 is 10.6 Å². The van der Waals surface area contributed by atoms with E-state index in [9.17, 15) is 10.1 Å². The molecule has 2 aromatic carbocycles. The van der Waals surface area contributed by atoms with Gasteiger partial charge in [0, 0.05) is 24.8 Å². The third kappa shape index (κ3) is 2.42. The molecule has 1 aliphatic rings. The molecule has 0 bridgehead atoms. The molecule has 0 fully saturated rings. The van der Waals surface area contributed by atoms with Crippen LogP contribution in [0.5, 0.6) is 0 Å². The summed E-state index contributed by atoms with van der Waals surface area (Å²) < 4.78 is 0. The number of hydrogen-bond donors (Lipinski definition) is 1. The number of nitro groups is 1. The van der Waals surface area contributed by atoms with Gasteiger partial charge in [0.2, 0.25) is 0 Å². The molecule has 0 spiro atoms. The number of nitro benzene ring substituents is 1. The summed E-state index contributed by atoms with van der Waals surface area (Å²) in [5.41, 5.74) is 10.8. The maximum atomic E-state index is 11.3. The number of benzene rings is 2. The van der Waals surface area contributed by atoms with E-state index in [-0.39, 0.29) is 10.6 Å². The van der Waals surface area contributed by atoms with Crippen molar-refractivity contribution in [1.29, 1.82) is 0 Å². The fourth-order valence-corrected chi connectivity index (χ4v) is 2.86. The van der Waals surface area contributed by atoms with Gasteiger partial charge in [0.15, 0.2) is 0 Å². The first-order valence-electron chi connectivity index (χ1n) is 6.92. The fourth-order valence-electron chi connectivity index (χ4n) is 2.86. The SMILES string of the molecule is Cc1ccc(N2CCc3cccc(N)c3C2)c([N+](=O)[O-])c1. The first kappa shape index (κ1) is 13.4. The summed E-state index contributed by atoms with van der Waals surface area (Å²) >= 11 is 0. The zero-order valence-corrected chi connectivity index (χ0v) is 11.9. The summed E-state index contributed by atoms with van der Waals surface area (Å²) in [5, 5.41) is 11.3. The molecule has 0 saturated carbocycles. The Hall–Kier alpha value is -2.56. The molecule has 5 heteroatoms. The Kier molecular flexibility index (Phi) is 3.25. The lowest BCUT2D eigenvalue weighted by molar-refractivity contribution is -0.384. The highest BCUT2D eigenvalue weighted by atomic mass is 16.6. The number of nitrogens with two attached hydrogens (primary N) is 1. The standard InChI is InChI=1S/C16H17N3O2/c1-11-5-6-15(16(9-11)19(20)21)18-8-7-12-3-2-4-14(17)13(12)10-18/h2-6,9H,7-8,10,17H2,1H3. The molecule has 0 amide bonds. The lowest BCUT2D eigenvalue weighted by Gasteiger charge is -2.31. The van der Waals surface area contributed by atoms with Crippen molar-refractivity contribution < 1.29 is 4.92 Å². The molecule has 0 atom stereocenters. The highest BCUT2D eigenvalue weighted by Gasteiger charge is 2.24. The van der Waals surface area contributed by atoms with E-state index in [0.717, 1.165) is 29.8 Å². The zero-order chi connectivity index (χ0) is 15.0. The van der Waals surface area contributed by atoms with Crippen LogP contribution in [-0.4, -0.2) is 11.5 Å². The van der Waals surface area contributed by atoms with Crippen LogP contribution in [0.2, 0.25) is 0 Å². The third-order valence-corrected chi connectivity index (χ3v) is 3.98. The second-order valence-corrected chi connectivity index (χ2v) is 5.41. The van der Waals surface area contributed by atoms with Crippen LogP contribution >= 0.6 is 0 Å². The van der Waals surface area contributed by atoms with Crippen LogP contribution in [0.4, 0.5) is 17.1 Å². The van der Waals surface area contributed by atoms with Crippen LogP contribution < -0.4 is 10.6 Å². The lowest BCUT2D eigenvalue weighted by Crippen LogP contribution is -2.31. The molecule has 5 nitrogen and oxygen atoms in total.